The molecule has 0 atom stereocenters. The molecule has 0 aliphatic heterocycles. The summed E-state index contributed by atoms with van der Waals surface area (Å²) in [4.78, 5) is 0. The van der Waals surface area contributed by atoms with Crippen molar-refractivity contribution in [1.29, 1.82) is 0 Å². The molecular weight excluding hydrogens is 426 g/mol. The molecule has 1 aromatic carbocycles. The molecule has 0 saturated carbocycles. The van der Waals surface area contributed by atoms with E-state index in [2.05, 4.69) is 6.92 Å². The maximum atomic E-state index is 14.2. The van der Waals surface area contributed by atoms with Crippen molar-refractivity contribution in [2.45, 2.75) is 54.4 Å². The van der Waals surface area contributed by atoms with Crippen LogP contribution in [0.2, 0.25) is 0 Å². The molecule has 6 heteroatoms. The number of ether oxygens (including phenoxy) is 1. The van der Waals surface area contributed by atoms with Gasteiger partial charge in [-0.25, -0.2) is 0 Å². The number of aromatic nitrogens is 1. The zero-order valence-corrected chi connectivity index (χ0v) is 19.8. The van der Waals surface area contributed by atoms with Gasteiger partial charge in [-0.15, -0.1) is 0 Å². The van der Waals surface area contributed by atoms with Crippen molar-refractivity contribution in [1.82, 2.24) is 4.48 Å². The molecule has 0 amide bonds. The molecule has 0 bridgehead atoms. The molecule has 0 radical (unpaired) electrons. The van der Waals surface area contributed by atoms with Crippen LogP contribution < -0.4 is 4.74 Å². The zero-order chi connectivity index (χ0) is 22.6. The number of benzene rings is 1. The Balaban J connectivity index is 2.91. The van der Waals surface area contributed by atoms with Gasteiger partial charge in [0, 0.05) is 0 Å². The minimum atomic E-state index is -2.62. The van der Waals surface area contributed by atoms with E-state index in [1.165, 1.54) is 0 Å². The summed E-state index contributed by atoms with van der Waals surface area (Å²) in [6.45, 7) is 11.7. The fourth-order valence-corrected chi connectivity index (χ4v) is 4.51. The van der Waals surface area contributed by atoms with E-state index >= 15 is 0 Å². The van der Waals surface area contributed by atoms with Crippen molar-refractivity contribution in [3.8, 4) is 5.75 Å². The Hall–Kier alpha value is -1.93. The van der Waals surface area contributed by atoms with Crippen LogP contribution in [0.5, 0.6) is 5.75 Å². The monoisotopic (exact) mass is 455 g/mol. The third-order valence-corrected chi connectivity index (χ3v) is 5.94. The van der Waals surface area contributed by atoms with E-state index in [0.29, 0.717) is 17.8 Å². The summed E-state index contributed by atoms with van der Waals surface area (Å²) >= 11 is 5.09. The Labute approximate surface area is 187 Å². The standard InChI is InChI=1S/C24H30BF2NO.Ni/c1-8-19(9-2)16(4)15-23(20-11-13-21(29-7)14-12-20)24-17(5)22(10-3)18(6)28(24)25(26)27;/h11-15H,8,10H2,1-7H3;/b19-16-,23-15?;. The summed E-state index contributed by atoms with van der Waals surface area (Å²) in [5, 5.41) is 0. The third kappa shape index (κ3) is 4.86. The number of rotatable bonds is 8. The predicted octanol–water partition coefficient (Wildman–Crippen LogP) is 6.35. The van der Waals surface area contributed by atoms with Crippen LogP contribution in [-0.4, -0.2) is 23.5 Å². The Morgan fingerprint density at radius 3 is 2.17 bits per heavy atom. The minimum absolute atomic E-state index is 0.560. The quantitative estimate of drug-likeness (QED) is 0.334. The van der Waals surface area contributed by atoms with Gasteiger partial charge in [0.25, 0.3) is 0 Å². The van der Waals surface area contributed by atoms with Gasteiger partial charge in [0.05, 0.1) is 0 Å². The van der Waals surface area contributed by atoms with Gasteiger partial charge < -0.3 is 0 Å². The summed E-state index contributed by atoms with van der Waals surface area (Å²) in [5.41, 5.74) is 6.75. The Morgan fingerprint density at radius 1 is 1.13 bits per heavy atom. The summed E-state index contributed by atoms with van der Waals surface area (Å²) in [6.07, 6.45) is 3.51. The van der Waals surface area contributed by atoms with Crippen molar-refractivity contribution in [3.05, 3.63) is 69.6 Å². The van der Waals surface area contributed by atoms with Gasteiger partial charge in [0.2, 0.25) is 0 Å². The second-order valence-corrected chi connectivity index (χ2v) is 8.07. The fourth-order valence-electron chi connectivity index (χ4n) is 4.14. The molecule has 2 rings (SSSR count). The molecule has 0 N–H and O–H groups in total. The Kier molecular flexibility index (Phi) is 8.43. The average molecular weight is 456 g/mol. The molecule has 0 fully saturated rings. The van der Waals surface area contributed by atoms with Crippen LogP contribution in [0, 0.1) is 13.8 Å². The first-order chi connectivity index (χ1) is 14.2. The second-order valence-electron chi connectivity index (χ2n) is 7.33. The van der Waals surface area contributed by atoms with Gasteiger partial charge in [-0.2, -0.15) is 0 Å². The first kappa shape index (κ1) is 24.3. The first-order valence-electron chi connectivity index (χ1n) is 10.2. The molecule has 0 spiro atoms. The molecule has 2 aromatic rings. The van der Waals surface area contributed by atoms with Crippen LogP contribution in [0.15, 0.2) is 41.5 Å². The van der Waals surface area contributed by atoms with Gasteiger partial charge in [-0.1, -0.05) is 0 Å². The SMILES string of the molecule is CC/C([C](C)=[Ni])=C(\C)C=C(c1ccc(OC)cc1)c1c(C)c(CC)c(C)n1B(F)F. The zero-order valence-electron chi connectivity index (χ0n) is 18.8. The van der Waals surface area contributed by atoms with E-state index < -0.39 is 7.40 Å². The maximum absolute atomic E-state index is 14.2. The van der Waals surface area contributed by atoms with Crippen LogP contribution >= 0.6 is 0 Å². The fraction of sp³-hybridized carbons (Fsp3) is 0.375. The summed E-state index contributed by atoms with van der Waals surface area (Å²) < 4.78 is 35.7. The van der Waals surface area contributed by atoms with Crippen LogP contribution in [-0.2, 0) is 21.5 Å². The van der Waals surface area contributed by atoms with E-state index in [1.807, 2.05) is 58.0 Å². The van der Waals surface area contributed by atoms with Crippen LogP contribution in [0.1, 0.15) is 62.2 Å². The normalized spacial score (nSPS) is 12.7. The Bertz CT molecular complexity index is 988. The summed E-state index contributed by atoms with van der Waals surface area (Å²) in [6, 6.07) is 7.54. The van der Waals surface area contributed by atoms with Gasteiger partial charge in [-0.05, 0) is 0 Å². The second kappa shape index (κ2) is 10.4. The van der Waals surface area contributed by atoms with E-state index in [0.717, 1.165) is 54.5 Å². The molecule has 0 saturated heterocycles. The van der Waals surface area contributed by atoms with Gasteiger partial charge in [-0.3, -0.25) is 0 Å². The van der Waals surface area contributed by atoms with E-state index in [1.54, 1.807) is 14.0 Å². The van der Waals surface area contributed by atoms with Crippen molar-refractivity contribution >= 4 is 17.5 Å². The number of nitrogens with zero attached hydrogens (tertiary/aromatic N) is 1. The van der Waals surface area contributed by atoms with Crippen molar-refractivity contribution in [2.75, 3.05) is 7.11 Å². The van der Waals surface area contributed by atoms with Crippen molar-refractivity contribution in [2.24, 2.45) is 0 Å². The van der Waals surface area contributed by atoms with Crippen LogP contribution in [0.25, 0.3) is 5.57 Å². The van der Waals surface area contributed by atoms with E-state index in [4.69, 9.17) is 19.8 Å². The third-order valence-electron chi connectivity index (χ3n) is 5.64. The molecular formula is C24H30BF2NNiO. The number of hydrogen-bond donors (Lipinski definition) is 0. The topological polar surface area (TPSA) is 14.2 Å². The number of methoxy groups -OCH3 is 1. The Morgan fingerprint density at radius 2 is 1.73 bits per heavy atom. The molecule has 1 heterocycles. The summed E-state index contributed by atoms with van der Waals surface area (Å²) in [7, 11) is -1.01. The molecule has 0 unspecified atom stereocenters. The molecule has 0 aliphatic carbocycles. The number of allylic oxidation sites excluding steroid dienone is 3. The first-order valence-corrected chi connectivity index (χ1v) is 10.7. The van der Waals surface area contributed by atoms with Crippen molar-refractivity contribution < 1.29 is 28.4 Å². The predicted molar refractivity (Wildman–Crippen MR) is 120 cm³/mol. The molecule has 30 heavy (non-hydrogen) atoms. The molecule has 164 valence electrons. The van der Waals surface area contributed by atoms with Gasteiger partial charge >= 0.3 is 187 Å². The number of hydrogen-bond acceptors (Lipinski definition) is 1. The summed E-state index contributed by atoms with van der Waals surface area (Å²) in [5.74, 6) is 0.725. The molecule has 1 aromatic heterocycles. The van der Waals surface area contributed by atoms with Crippen molar-refractivity contribution in [3.63, 3.8) is 0 Å². The number of halogens is 2. The van der Waals surface area contributed by atoms with Crippen LogP contribution in [0.3, 0.4) is 0 Å². The molecule has 2 nitrogen and oxygen atoms in total. The molecule has 0 aliphatic rings. The van der Waals surface area contributed by atoms with Gasteiger partial charge in [0.1, 0.15) is 0 Å². The average Bonchev–Trinajstić information content (AvgIpc) is 2.96. The van der Waals surface area contributed by atoms with Crippen LogP contribution in [0.4, 0.5) is 8.63 Å². The van der Waals surface area contributed by atoms with Gasteiger partial charge in [0.15, 0.2) is 0 Å². The van der Waals surface area contributed by atoms with E-state index in [-0.39, 0.29) is 0 Å². The van der Waals surface area contributed by atoms with E-state index in [9.17, 15) is 8.63 Å².